The van der Waals surface area contributed by atoms with Crippen LogP contribution in [0, 0.1) is 6.92 Å². The molecule has 3 nitrogen and oxygen atoms in total. The van der Waals surface area contributed by atoms with E-state index in [1.165, 1.54) is 24.1 Å². The van der Waals surface area contributed by atoms with E-state index < -0.39 is 0 Å². The van der Waals surface area contributed by atoms with Crippen molar-refractivity contribution in [2.75, 3.05) is 0 Å². The van der Waals surface area contributed by atoms with Crippen LogP contribution in [0.3, 0.4) is 0 Å². The van der Waals surface area contributed by atoms with Crippen molar-refractivity contribution in [2.45, 2.75) is 46.5 Å². The lowest BCUT2D eigenvalue weighted by atomic mass is 9.97. The van der Waals surface area contributed by atoms with E-state index in [1.54, 1.807) is 0 Å². The third-order valence-electron chi connectivity index (χ3n) is 3.21. The van der Waals surface area contributed by atoms with Crippen LogP contribution >= 0.6 is 0 Å². The van der Waals surface area contributed by atoms with E-state index in [0.717, 1.165) is 30.3 Å². The highest BCUT2D eigenvalue weighted by atomic mass is 16.5. The second-order valence-electron chi connectivity index (χ2n) is 4.62. The molecule has 0 unspecified atom stereocenters. The smallest absolute Gasteiger partial charge is 0.225 e. The third kappa shape index (κ3) is 3.35. The second kappa shape index (κ2) is 7.04. The number of ether oxygens (including phenoxy) is 1. The summed E-state index contributed by atoms with van der Waals surface area (Å²) in [7, 11) is 0. The molecule has 0 amide bonds. The molecule has 0 radical (unpaired) electrons. The third-order valence-corrected chi connectivity index (χ3v) is 3.21. The number of rotatable bonds is 2. The lowest BCUT2D eigenvalue weighted by Gasteiger charge is -2.18. The Balaban J connectivity index is 0.000000704. The normalized spacial score (nSPS) is 12.9. The maximum Gasteiger partial charge on any atom is 0.225 e. The topological polar surface area (TPSA) is 35.0 Å². The van der Waals surface area contributed by atoms with Gasteiger partial charge in [0.2, 0.25) is 5.88 Å². The van der Waals surface area contributed by atoms with E-state index >= 15 is 0 Å². The molecule has 1 heterocycles. The fourth-order valence-corrected chi connectivity index (χ4v) is 2.36. The van der Waals surface area contributed by atoms with Gasteiger partial charge >= 0.3 is 0 Å². The molecule has 1 aromatic carbocycles. The zero-order valence-corrected chi connectivity index (χ0v) is 12.5. The minimum Gasteiger partial charge on any atom is -0.439 e. The van der Waals surface area contributed by atoms with Gasteiger partial charge in [-0.05, 0) is 44.7 Å². The summed E-state index contributed by atoms with van der Waals surface area (Å²) in [4.78, 5) is 8.97. The Morgan fingerprint density at radius 2 is 1.65 bits per heavy atom. The molecule has 1 aromatic heterocycles. The van der Waals surface area contributed by atoms with E-state index in [4.69, 9.17) is 4.74 Å². The zero-order chi connectivity index (χ0) is 14.4. The van der Waals surface area contributed by atoms with Crippen LogP contribution in [-0.4, -0.2) is 9.97 Å². The van der Waals surface area contributed by atoms with Crippen LogP contribution in [0.1, 0.15) is 43.8 Å². The van der Waals surface area contributed by atoms with Gasteiger partial charge in [-0.3, -0.25) is 0 Å². The van der Waals surface area contributed by atoms with Crippen molar-refractivity contribution in [3.8, 4) is 11.6 Å². The molecule has 0 bridgehead atoms. The fraction of sp³-hybridized carbons (Fsp3) is 0.412. The minimum absolute atomic E-state index is 0.739. The van der Waals surface area contributed by atoms with Gasteiger partial charge in [0.05, 0.1) is 5.69 Å². The van der Waals surface area contributed by atoms with Crippen molar-refractivity contribution in [1.29, 1.82) is 0 Å². The Labute approximate surface area is 121 Å². The molecule has 3 rings (SSSR count). The van der Waals surface area contributed by atoms with Gasteiger partial charge in [-0.1, -0.05) is 32.0 Å². The summed E-state index contributed by atoms with van der Waals surface area (Å²) in [5.74, 6) is 2.37. The van der Waals surface area contributed by atoms with E-state index in [-0.39, 0.29) is 0 Å². The largest absolute Gasteiger partial charge is 0.439 e. The molecular formula is C17H22N2O. The molecule has 3 heteroatoms. The van der Waals surface area contributed by atoms with Gasteiger partial charge in [-0.25, -0.2) is 4.98 Å². The standard InChI is InChI=1S/C15H16N2O.C2H6/c1-11-16-14-10-6-5-9-13(14)15(17-11)18-12-7-3-2-4-8-12;1-2/h2-4,7-8H,5-6,9-10H2,1H3;1-2H3. The first-order chi connectivity index (χ1) is 9.83. The van der Waals surface area contributed by atoms with Crippen molar-refractivity contribution < 1.29 is 4.74 Å². The minimum atomic E-state index is 0.739. The summed E-state index contributed by atoms with van der Waals surface area (Å²) in [5, 5.41) is 0. The molecule has 1 aliphatic carbocycles. The van der Waals surface area contributed by atoms with Crippen LogP contribution in [-0.2, 0) is 12.8 Å². The molecule has 20 heavy (non-hydrogen) atoms. The van der Waals surface area contributed by atoms with E-state index in [2.05, 4.69) is 9.97 Å². The Hall–Kier alpha value is -1.90. The first-order valence-corrected chi connectivity index (χ1v) is 7.42. The predicted molar refractivity (Wildman–Crippen MR) is 81.3 cm³/mol. The van der Waals surface area contributed by atoms with Gasteiger partial charge in [0.1, 0.15) is 11.6 Å². The molecule has 0 N–H and O–H groups in total. The number of hydrogen-bond acceptors (Lipinski definition) is 3. The van der Waals surface area contributed by atoms with Crippen LogP contribution in [0.2, 0.25) is 0 Å². The molecule has 106 valence electrons. The Morgan fingerprint density at radius 1 is 0.950 bits per heavy atom. The summed E-state index contributed by atoms with van der Waals surface area (Å²) >= 11 is 0. The number of aromatic nitrogens is 2. The predicted octanol–water partition coefficient (Wildman–Crippen LogP) is 4.48. The maximum absolute atomic E-state index is 5.91. The fourth-order valence-electron chi connectivity index (χ4n) is 2.36. The summed E-state index contributed by atoms with van der Waals surface area (Å²) in [6.45, 7) is 5.92. The molecule has 0 fully saturated rings. The van der Waals surface area contributed by atoms with Crippen molar-refractivity contribution >= 4 is 0 Å². The average molecular weight is 270 g/mol. The first-order valence-electron chi connectivity index (χ1n) is 7.42. The highest BCUT2D eigenvalue weighted by Gasteiger charge is 2.18. The summed E-state index contributed by atoms with van der Waals surface area (Å²) in [6, 6.07) is 9.82. The number of hydrogen-bond donors (Lipinski definition) is 0. The van der Waals surface area contributed by atoms with Gasteiger partial charge in [-0.2, -0.15) is 4.98 Å². The Morgan fingerprint density at radius 3 is 2.40 bits per heavy atom. The molecule has 0 saturated carbocycles. The van der Waals surface area contributed by atoms with Gasteiger partial charge in [0.15, 0.2) is 0 Å². The molecule has 0 spiro atoms. The van der Waals surface area contributed by atoms with Crippen molar-refractivity contribution in [2.24, 2.45) is 0 Å². The van der Waals surface area contributed by atoms with E-state index in [0.29, 0.717) is 0 Å². The van der Waals surface area contributed by atoms with Crippen molar-refractivity contribution in [3.05, 3.63) is 47.4 Å². The summed E-state index contributed by atoms with van der Waals surface area (Å²) in [6.07, 6.45) is 4.49. The maximum atomic E-state index is 5.91. The number of nitrogens with zero attached hydrogens (tertiary/aromatic N) is 2. The van der Waals surface area contributed by atoms with Crippen molar-refractivity contribution in [3.63, 3.8) is 0 Å². The SMILES string of the molecule is CC.Cc1nc2c(c(Oc3ccccc3)n1)CCCC2. The van der Waals surface area contributed by atoms with Gasteiger partial charge in [0, 0.05) is 5.56 Å². The molecule has 0 saturated heterocycles. The summed E-state index contributed by atoms with van der Waals surface area (Å²) in [5.41, 5.74) is 2.36. The van der Waals surface area contributed by atoms with Crippen LogP contribution in [0.25, 0.3) is 0 Å². The van der Waals surface area contributed by atoms with Crippen LogP contribution < -0.4 is 4.74 Å². The van der Waals surface area contributed by atoms with Crippen molar-refractivity contribution in [1.82, 2.24) is 9.97 Å². The quantitative estimate of drug-likeness (QED) is 0.807. The van der Waals surface area contributed by atoms with E-state index in [9.17, 15) is 0 Å². The molecular weight excluding hydrogens is 248 g/mol. The number of benzene rings is 1. The Kier molecular flexibility index (Phi) is 5.10. The van der Waals surface area contributed by atoms with Gasteiger partial charge < -0.3 is 4.74 Å². The monoisotopic (exact) mass is 270 g/mol. The second-order valence-corrected chi connectivity index (χ2v) is 4.62. The van der Waals surface area contributed by atoms with Gasteiger partial charge in [-0.15, -0.1) is 0 Å². The highest BCUT2D eigenvalue weighted by molar-refractivity contribution is 5.36. The molecule has 0 atom stereocenters. The average Bonchev–Trinajstić information content (AvgIpc) is 2.50. The lowest BCUT2D eigenvalue weighted by molar-refractivity contribution is 0.445. The first kappa shape index (κ1) is 14.5. The van der Waals surface area contributed by atoms with Crippen LogP contribution in [0.5, 0.6) is 11.6 Å². The van der Waals surface area contributed by atoms with Gasteiger partial charge in [0.25, 0.3) is 0 Å². The zero-order valence-electron chi connectivity index (χ0n) is 12.5. The lowest BCUT2D eigenvalue weighted by Crippen LogP contribution is -2.10. The summed E-state index contributed by atoms with van der Waals surface area (Å²) < 4.78 is 5.91. The van der Waals surface area contributed by atoms with Crippen LogP contribution in [0.4, 0.5) is 0 Å². The molecule has 2 aromatic rings. The molecule has 0 aliphatic heterocycles. The molecule has 1 aliphatic rings. The number of fused-ring (bicyclic) bond motifs is 1. The number of aryl methyl sites for hydroxylation is 2. The Bertz CT molecular complexity index is 552. The van der Waals surface area contributed by atoms with E-state index in [1.807, 2.05) is 51.1 Å². The number of para-hydroxylation sites is 1. The highest BCUT2D eigenvalue weighted by Crippen LogP contribution is 2.30. The van der Waals surface area contributed by atoms with Crippen LogP contribution in [0.15, 0.2) is 30.3 Å².